The minimum atomic E-state index is 0.0000926. The van der Waals surface area contributed by atoms with Gasteiger partial charge in [-0.15, -0.1) is 0 Å². The van der Waals surface area contributed by atoms with Gasteiger partial charge < -0.3 is 14.2 Å². The van der Waals surface area contributed by atoms with E-state index in [1.54, 1.807) is 7.11 Å². The van der Waals surface area contributed by atoms with E-state index in [0.717, 1.165) is 12.8 Å². The zero-order chi connectivity index (χ0) is 9.80. The Kier molecular flexibility index (Phi) is 3.56. The van der Waals surface area contributed by atoms with Crippen molar-refractivity contribution in [2.24, 2.45) is 5.92 Å². The van der Waals surface area contributed by atoms with Crippen molar-refractivity contribution in [3.63, 3.8) is 0 Å². The maximum Gasteiger partial charge on any atom is 0.161 e. The monoisotopic (exact) mass is 198 g/mol. The van der Waals surface area contributed by atoms with Crippen LogP contribution in [0.25, 0.3) is 0 Å². The molecule has 0 aromatic heterocycles. The van der Waals surface area contributed by atoms with Crippen molar-refractivity contribution in [2.45, 2.75) is 31.7 Å². The average Bonchev–Trinajstić information content (AvgIpc) is 2.68. The van der Waals surface area contributed by atoms with Crippen LogP contribution < -0.4 is 0 Å². The fourth-order valence-corrected chi connectivity index (χ4v) is 2.06. The molecule has 3 atom stereocenters. The Morgan fingerprint density at radius 2 is 2.36 bits per heavy atom. The first-order chi connectivity index (χ1) is 6.90. The zero-order valence-corrected chi connectivity index (χ0v) is 8.65. The molecule has 0 bridgehead atoms. The van der Waals surface area contributed by atoms with Crippen LogP contribution >= 0.6 is 0 Å². The Balaban J connectivity index is 1.79. The Morgan fingerprint density at radius 1 is 1.43 bits per heavy atom. The van der Waals surface area contributed by atoms with Crippen molar-refractivity contribution in [1.82, 2.24) is 0 Å². The Morgan fingerprint density at radius 3 is 3.07 bits per heavy atom. The van der Waals surface area contributed by atoms with E-state index in [2.05, 4.69) is 12.2 Å². The predicted octanol–water partition coefficient (Wildman–Crippen LogP) is 1.73. The highest BCUT2D eigenvalue weighted by Gasteiger charge is 2.32. The van der Waals surface area contributed by atoms with Gasteiger partial charge in [0.1, 0.15) is 6.10 Å². The molecule has 3 nitrogen and oxygen atoms in total. The summed E-state index contributed by atoms with van der Waals surface area (Å²) in [5.41, 5.74) is 0. The molecular formula is C11H18O3. The van der Waals surface area contributed by atoms with Gasteiger partial charge in [-0.1, -0.05) is 12.2 Å². The summed E-state index contributed by atoms with van der Waals surface area (Å²) in [6.07, 6.45) is 8.02. The quantitative estimate of drug-likeness (QED) is 0.646. The standard InChI is InChI=1S/C11H18O3/c1-12-7-10-8-13-11(14-10)9-5-3-2-4-6-9/h2-3,9-11H,4-8H2,1H3/t9-,10-,11+/m1/s1. The highest BCUT2D eigenvalue weighted by Crippen LogP contribution is 2.28. The Labute approximate surface area is 85.0 Å². The topological polar surface area (TPSA) is 27.7 Å². The third-order valence-electron chi connectivity index (χ3n) is 2.82. The van der Waals surface area contributed by atoms with Crippen LogP contribution in [0.3, 0.4) is 0 Å². The molecule has 2 rings (SSSR count). The fraction of sp³-hybridized carbons (Fsp3) is 0.818. The number of hydrogen-bond acceptors (Lipinski definition) is 3. The number of rotatable bonds is 3. The zero-order valence-electron chi connectivity index (χ0n) is 8.65. The lowest BCUT2D eigenvalue weighted by atomic mass is 9.94. The SMILES string of the molecule is COC[C@@H]1CO[C@H]([C@@H]2CC=CCC2)O1. The van der Waals surface area contributed by atoms with E-state index in [4.69, 9.17) is 14.2 Å². The first kappa shape index (κ1) is 10.1. The molecule has 1 saturated heterocycles. The first-order valence-corrected chi connectivity index (χ1v) is 5.31. The van der Waals surface area contributed by atoms with Gasteiger partial charge in [-0.25, -0.2) is 0 Å². The lowest BCUT2D eigenvalue weighted by Gasteiger charge is -2.23. The smallest absolute Gasteiger partial charge is 0.161 e. The van der Waals surface area contributed by atoms with Gasteiger partial charge in [0.15, 0.2) is 6.29 Å². The van der Waals surface area contributed by atoms with E-state index in [1.807, 2.05) is 0 Å². The molecule has 1 aliphatic carbocycles. The molecule has 0 amide bonds. The van der Waals surface area contributed by atoms with Crippen LogP contribution in [0.5, 0.6) is 0 Å². The highest BCUT2D eigenvalue weighted by molar-refractivity contribution is 4.91. The molecule has 1 heterocycles. The first-order valence-electron chi connectivity index (χ1n) is 5.31. The van der Waals surface area contributed by atoms with E-state index in [1.165, 1.54) is 6.42 Å². The minimum Gasteiger partial charge on any atom is -0.382 e. The maximum absolute atomic E-state index is 5.76. The molecule has 1 aliphatic heterocycles. The van der Waals surface area contributed by atoms with E-state index in [9.17, 15) is 0 Å². The van der Waals surface area contributed by atoms with Crippen LogP contribution in [0.15, 0.2) is 12.2 Å². The molecule has 0 aromatic rings. The van der Waals surface area contributed by atoms with Gasteiger partial charge in [-0.05, 0) is 19.3 Å². The van der Waals surface area contributed by atoms with Crippen LogP contribution in [0, 0.1) is 5.92 Å². The summed E-state index contributed by atoms with van der Waals surface area (Å²) < 4.78 is 16.4. The van der Waals surface area contributed by atoms with Crippen LogP contribution in [-0.4, -0.2) is 32.7 Å². The largest absolute Gasteiger partial charge is 0.382 e. The van der Waals surface area contributed by atoms with Crippen molar-refractivity contribution in [1.29, 1.82) is 0 Å². The van der Waals surface area contributed by atoms with Gasteiger partial charge >= 0.3 is 0 Å². The number of hydrogen-bond donors (Lipinski definition) is 0. The van der Waals surface area contributed by atoms with E-state index in [-0.39, 0.29) is 12.4 Å². The minimum absolute atomic E-state index is 0.0000926. The normalized spacial score (nSPS) is 37.6. The Hall–Kier alpha value is -0.380. The molecule has 3 heteroatoms. The summed E-state index contributed by atoms with van der Waals surface area (Å²) in [5, 5.41) is 0. The number of allylic oxidation sites excluding steroid dienone is 2. The second-order valence-corrected chi connectivity index (χ2v) is 3.96. The molecule has 0 N–H and O–H groups in total. The lowest BCUT2D eigenvalue weighted by molar-refractivity contribution is -0.105. The summed E-state index contributed by atoms with van der Waals surface area (Å²) in [5.74, 6) is 0.543. The third kappa shape index (κ3) is 2.35. The van der Waals surface area contributed by atoms with Crippen molar-refractivity contribution < 1.29 is 14.2 Å². The molecule has 0 radical (unpaired) electrons. The highest BCUT2D eigenvalue weighted by atomic mass is 16.7. The second-order valence-electron chi connectivity index (χ2n) is 3.96. The van der Waals surface area contributed by atoms with Crippen molar-refractivity contribution in [2.75, 3.05) is 20.3 Å². The molecular weight excluding hydrogens is 180 g/mol. The summed E-state index contributed by atoms with van der Waals surface area (Å²) in [7, 11) is 1.69. The molecule has 0 spiro atoms. The van der Waals surface area contributed by atoms with Gasteiger partial charge in [0.25, 0.3) is 0 Å². The molecule has 0 unspecified atom stereocenters. The van der Waals surface area contributed by atoms with Crippen molar-refractivity contribution in [3.05, 3.63) is 12.2 Å². The van der Waals surface area contributed by atoms with Crippen LogP contribution in [0.1, 0.15) is 19.3 Å². The Bertz CT molecular complexity index is 203. The van der Waals surface area contributed by atoms with Gasteiger partial charge in [0.2, 0.25) is 0 Å². The lowest BCUT2D eigenvalue weighted by Crippen LogP contribution is -2.24. The summed E-state index contributed by atoms with van der Waals surface area (Å²) in [6, 6.07) is 0. The summed E-state index contributed by atoms with van der Waals surface area (Å²) in [6.45, 7) is 1.32. The molecule has 1 fully saturated rings. The van der Waals surface area contributed by atoms with E-state index >= 15 is 0 Å². The van der Waals surface area contributed by atoms with Gasteiger partial charge in [0, 0.05) is 13.0 Å². The van der Waals surface area contributed by atoms with E-state index in [0.29, 0.717) is 19.1 Å². The van der Waals surface area contributed by atoms with Gasteiger partial charge in [-0.2, -0.15) is 0 Å². The molecule has 2 aliphatic rings. The molecule has 14 heavy (non-hydrogen) atoms. The summed E-state index contributed by atoms with van der Waals surface area (Å²) in [4.78, 5) is 0. The molecule has 0 saturated carbocycles. The fourth-order valence-electron chi connectivity index (χ4n) is 2.06. The van der Waals surface area contributed by atoms with E-state index < -0.39 is 0 Å². The molecule has 80 valence electrons. The molecule has 0 aromatic carbocycles. The van der Waals surface area contributed by atoms with Crippen LogP contribution in [0.4, 0.5) is 0 Å². The van der Waals surface area contributed by atoms with Gasteiger partial charge in [-0.3, -0.25) is 0 Å². The average molecular weight is 198 g/mol. The van der Waals surface area contributed by atoms with Crippen LogP contribution in [-0.2, 0) is 14.2 Å². The van der Waals surface area contributed by atoms with Crippen molar-refractivity contribution >= 4 is 0 Å². The van der Waals surface area contributed by atoms with Crippen molar-refractivity contribution in [3.8, 4) is 0 Å². The summed E-state index contributed by atoms with van der Waals surface area (Å²) >= 11 is 0. The predicted molar refractivity (Wildman–Crippen MR) is 53.0 cm³/mol. The number of ether oxygens (including phenoxy) is 3. The number of methoxy groups -OCH3 is 1. The van der Waals surface area contributed by atoms with Crippen LogP contribution in [0.2, 0.25) is 0 Å². The maximum atomic E-state index is 5.76. The third-order valence-corrected chi connectivity index (χ3v) is 2.82. The second kappa shape index (κ2) is 4.91. The van der Waals surface area contributed by atoms with Gasteiger partial charge in [0.05, 0.1) is 13.2 Å².